The van der Waals surface area contributed by atoms with E-state index in [1.165, 1.54) is 37.0 Å². The van der Waals surface area contributed by atoms with E-state index in [2.05, 4.69) is 36.7 Å². The molecule has 1 atom stereocenters. The fourth-order valence-corrected chi connectivity index (χ4v) is 2.65. The zero-order valence-electron chi connectivity index (χ0n) is 11.8. The molecule has 0 aromatic carbocycles. The Hall–Kier alpha value is -0.380. The summed E-state index contributed by atoms with van der Waals surface area (Å²) in [5.41, 5.74) is 0. The highest BCUT2D eigenvalue weighted by Crippen LogP contribution is 2.17. The lowest BCUT2D eigenvalue weighted by Crippen LogP contribution is -2.22. The molecule has 0 spiro atoms. The Labute approximate surface area is 116 Å². The number of nitrogens with one attached hydrogen (secondary N) is 1. The third-order valence-electron chi connectivity index (χ3n) is 3.06. The van der Waals surface area contributed by atoms with E-state index in [9.17, 15) is 0 Å². The predicted octanol–water partition coefficient (Wildman–Crippen LogP) is 4.39. The van der Waals surface area contributed by atoms with Gasteiger partial charge in [-0.2, -0.15) is 0 Å². The van der Waals surface area contributed by atoms with Crippen LogP contribution in [0.4, 0.5) is 0 Å². The van der Waals surface area contributed by atoms with E-state index in [4.69, 9.17) is 4.74 Å². The largest absolute Gasteiger partial charge is 0.380 e. The molecular formula is C15H27NOS. The normalized spacial score (nSPS) is 12.8. The first-order chi connectivity index (χ1) is 8.84. The molecule has 0 saturated carbocycles. The zero-order chi connectivity index (χ0) is 13.1. The fourth-order valence-electron chi connectivity index (χ4n) is 1.90. The lowest BCUT2D eigenvalue weighted by atomic mass is 10.2. The molecule has 1 unspecified atom stereocenters. The summed E-state index contributed by atoms with van der Waals surface area (Å²) < 4.78 is 5.62. The van der Waals surface area contributed by atoms with Crippen molar-refractivity contribution in [1.29, 1.82) is 0 Å². The van der Waals surface area contributed by atoms with Crippen LogP contribution < -0.4 is 5.32 Å². The van der Waals surface area contributed by atoms with Crippen LogP contribution in [-0.4, -0.2) is 19.8 Å². The van der Waals surface area contributed by atoms with Crippen LogP contribution in [0.25, 0.3) is 0 Å². The molecule has 0 bridgehead atoms. The van der Waals surface area contributed by atoms with Gasteiger partial charge in [0.25, 0.3) is 0 Å². The first-order valence-electron chi connectivity index (χ1n) is 7.19. The minimum atomic E-state index is 0.443. The van der Waals surface area contributed by atoms with Gasteiger partial charge in [-0.1, -0.05) is 38.7 Å². The SMILES string of the molecule is CCCCCCCOCCNC(C)c1cccs1. The van der Waals surface area contributed by atoms with Crippen molar-refractivity contribution in [3.8, 4) is 0 Å². The summed E-state index contributed by atoms with van der Waals surface area (Å²) in [6.07, 6.45) is 6.55. The molecule has 1 aromatic heterocycles. The quantitative estimate of drug-likeness (QED) is 0.602. The molecule has 0 fully saturated rings. The van der Waals surface area contributed by atoms with Crippen LogP contribution >= 0.6 is 11.3 Å². The smallest absolute Gasteiger partial charge is 0.0591 e. The average molecular weight is 269 g/mol. The second-order valence-corrected chi connectivity index (χ2v) is 5.70. The molecule has 0 aliphatic heterocycles. The van der Waals surface area contributed by atoms with Crippen LogP contribution in [0.5, 0.6) is 0 Å². The summed E-state index contributed by atoms with van der Waals surface area (Å²) in [4.78, 5) is 1.40. The van der Waals surface area contributed by atoms with E-state index in [0.717, 1.165) is 19.8 Å². The van der Waals surface area contributed by atoms with E-state index in [1.807, 2.05) is 11.3 Å². The monoisotopic (exact) mass is 269 g/mol. The van der Waals surface area contributed by atoms with Crippen molar-refractivity contribution in [3.05, 3.63) is 22.4 Å². The molecule has 0 aliphatic rings. The first kappa shape index (κ1) is 15.7. The van der Waals surface area contributed by atoms with Gasteiger partial charge in [0.05, 0.1) is 6.61 Å². The van der Waals surface area contributed by atoms with Gasteiger partial charge in [-0.3, -0.25) is 0 Å². The number of unbranched alkanes of at least 4 members (excludes halogenated alkanes) is 4. The summed E-state index contributed by atoms with van der Waals surface area (Å²) in [5.74, 6) is 0. The maximum absolute atomic E-state index is 5.62. The Bertz CT molecular complexity index is 274. The Morgan fingerprint density at radius 2 is 2.06 bits per heavy atom. The van der Waals surface area contributed by atoms with E-state index < -0.39 is 0 Å². The standard InChI is InChI=1S/C15H27NOS/c1-3-4-5-6-7-11-17-12-10-16-14(2)15-9-8-13-18-15/h8-9,13-14,16H,3-7,10-12H2,1-2H3. The Balaban J connectivity index is 1.87. The summed E-state index contributed by atoms with van der Waals surface area (Å²) in [6.45, 7) is 7.13. The van der Waals surface area contributed by atoms with E-state index in [1.54, 1.807) is 0 Å². The third-order valence-corrected chi connectivity index (χ3v) is 4.11. The van der Waals surface area contributed by atoms with Crippen LogP contribution in [0.3, 0.4) is 0 Å². The van der Waals surface area contributed by atoms with Gasteiger partial charge in [0.15, 0.2) is 0 Å². The lowest BCUT2D eigenvalue weighted by Gasteiger charge is -2.12. The molecule has 0 amide bonds. The van der Waals surface area contributed by atoms with Gasteiger partial charge in [-0.05, 0) is 24.8 Å². The van der Waals surface area contributed by atoms with Gasteiger partial charge in [-0.25, -0.2) is 0 Å². The second kappa shape index (κ2) is 10.5. The number of hydrogen-bond acceptors (Lipinski definition) is 3. The molecular weight excluding hydrogens is 242 g/mol. The second-order valence-electron chi connectivity index (χ2n) is 4.72. The molecule has 3 heteroatoms. The number of thiophene rings is 1. The van der Waals surface area contributed by atoms with Crippen molar-refractivity contribution >= 4 is 11.3 Å². The average Bonchev–Trinajstić information content (AvgIpc) is 2.90. The van der Waals surface area contributed by atoms with Crippen LogP contribution in [-0.2, 0) is 4.74 Å². The summed E-state index contributed by atoms with van der Waals surface area (Å²) in [6, 6.07) is 4.72. The Morgan fingerprint density at radius 3 is 2.78 bits per heavy atom. The number of hydrogen-bond donors (Lipinski definition) is 1. The molecule has 18 heavy (non-hydrogen) atoms. The van der Waals surface area contributed by atoms with Crippen molar-refractivity contribution in [2.75, 3.05) is 19.8 Å². The minimum Gasteiger partial charge on any atom is -0.380 e. The molecule has 1 heterocycles. The van der Waals surface area contributed by atoms with Gasteiger partial charge in [0.2, 0.25) is 0 Å². The van der Waals surface area contributed by atoms with E-state index in [0.29, 0.717) is 6.04 Å². The molecule has 0 aliphatic carbocycles. The van der Waals surface area contributed by atoms with Crippen LogP contribution in [0.1, 0.15) is 56.9 Å². The zero-order valence-corrected chi connectivity index (χ0v) is 12.6. The topological polar surface area (TPSA) is 21.3 Å². The third kappa shape index (κ3) is 7.14. The molecule has 1 aromatic rings. The molecule has 0 radical (unpaired) electrons. The van der Waals surface area contributed by atoms with Crippen LogP contribution in [0.15, 0.2) is 17.5 Å². The lowest BCUT2D eigenvalue weighted by molar-refractivity contribution is 0.130. The highest BCUT2D eigenvalue weighted by atomic mass is 32.1. The molecule has 104 valence electrons. The van der Waals surface area contributed by atoms with Crippen molar-refractivity contribution in [2.45, 2.75) is 52.0 Å². The van der Waals surface area contributed by atoms with Gasteiger partial charge < -0.3 is 10.1 Å². The highest BCUT2D eigenvalue weighted by Gasteiger charge is 2.04. The Morgan fingerprint density at radius 1 is 1.22 bits per heavy atom. The predicted molar refractivity (Wildman–Crippen MR) is 80.3 cm³/mol. The van der Waals surface area contributed by atoms with Crippen molar-refractivity contribution < 1.29 is 4.74 Å². The molecule has 2 nitrogen and oxygen atoms in total. The maximum atomic E-state index is 5.62. The molecule has 0 saturated heterocycles. The van der Waals surface area contributed by atoms with Crippen molar-refractivity contribution in [2.24, 2.45) is 0 Å². The molecule has 1 rings (SSSR count). The Kier molecular flexibility index (Phi) is 9.17. The maximum Gasteiger partial charge on any atom is 0.0591 e. The van der Waals surface area contributed by atoms with Crippen molar-refractivity contribution in [1.82, 2.24) is 5.32 Å². The van der Waals surface area contributed by atoms with Gasteiger partial charge >= 0.3 is 0 Å². The van der Waals surface area contributed by atoms with Gasteiger partial charge in [-0.15, -0.1) is 11.3 Å². The summed E-state index contributed by atoms with van der Waals surface area (Å²) >= 11 is 1.81. The first-order valence-corrected chi connectivity index (χ1v) is 8.07. The van der Waals surface area contributed by atoms with Crippen molar-refractivity contribution in [3.63, 3.8) is 0 Å². The van der Waals surface area contributed by atoms with Crippen LogP contribution in [0, 0.1) is 0 Å². The van der Waals surface area contributed by atoms with Crippen LogP contribution in [0.2, 0.25) is 0 Å². The fraction of sp³-hybridized carbons (Fsp3) is 0.733. The van der Waals surface area contributed by atoms with Gasteiger partial charge in [0, 0.05) is 24.1 Å². The number of rotatable bonds is 11. The number of ether oxygens (including phenoxy) is 1. The summed E-state index contributed by atoms with van der Waals surface area (Å²) in [5, 5.41) is 5.61. The highest BCUT2D eigenvalue weighted by molar-refractivity contribution is 7.10. The minimum absolute atomic E-state index is 0.443. The molecule has 1 N–H and O–H groups in total. The van der Waals surface area contributed by atoms with E-state index in [-0.39, 0.29) is 0 Å². The summed E-state index contributed by atoms with van der Waals surface area (Å²) in [7, 11) is 0. The van der Waals surface area contributed by atoms with Gasteiger partial charge in [0.1, 0.15) is 0 Å². The van der Waals surface area contributed by atoms with E-state index >= 15 is 0 Å².